The molecule has 0 radical (unpaired) electrons. The van der Waals surface area contributed by atoms with Crippen LogP contribution in [0, 0.1) is 5.41 Å². The second-order valence-electron chi connectivity index (χ2n) is 5.92. The molecule has 0 saturated carbocycles. The first-order valence-electron chi connectivity index (χ1n) is 6.63. The van der Waals surface area contributed by atoms with Gasteiger partial charge in [-0.1, -0.05) is 33.8 Å². The van der Waals surface area contributed by atoms with E-state index >= 15 is 0 Å². The molecule has 1 rings (SSSR count). The SMILES string of the molecule is CCNC(CCC(C)(C)C)Cc1cccnc1. The van der Waals surface area contributed by atoms with E-state index in [9.17, 15) is 0 Å². The van der Waals surface area contributed by atoms with Gasteiger partial charge in [0.1, 0.15) is 0 Å². The number of nitrogens with zero attached hydrogens (tertiary/aromatic N) is 1. The minimum absolute atomic E-state index is 0.419. The standard InChI is InChI=1S/C15H26N2/c1-5-17-14(8-9-15(2,3)4)11-13-7-6-10-16-12-13/h6-7,10,12,14,17H,5,8-9,11H2,1-4H3. The maximum absolute atomic E-state index is 4.18. The minimum Gasteiger partial charge on any atom is -0.314 e. The van der Waals surface area contributed by atoms with Gasteiger partial charge in [0.05, 0.1) is 0 Å². The van der Waals surface area contributed by atoms with Gasteiger partial charge in [-0.25, -0.2) is 0 Å². The monoisotopic (exact) mass is 234 g/mol. The Hall–Kier alpha value is -0.890. The normalized spacial score (nSPS) is 13.6. The maximum atomic E-state index is 4.18. The molecule has 1 aromatic rings. The molecule has 1 unspecified atom stereocenters. The van der Waals surface area contributed by atoms with Gasteiger partial charge >= 0.3 is 0 Å². The van der Waals surface area contributed by atoms with Crippen LogP contribution in [0.4, 0.5) is 0 Å². The highest BCUT2D eigenvalue weighted by Crippen LogP contribution is 2.22. The predicted octanol–water partition coefficient (Wildman–Crippen LogP) is 3.43. The van der Waals surface area contributed by atoms with Crippen LogP contribution >= 0.6 is 0 Å². The van der Waals surface area contributed by atoms with Crippen LogP contribution in [0.2, 0.25) is 0 Å². The molecule has 0 aromatic carbocycles. The molecule has 1 heterocycles. The molecule has 0 aliphatic carbocycles. The van der Waals surface area contributed by atoms with Crippen molar-refractivity contribution in [2.75, 3.05) is 6.54 Å². The zero-order valence-corrected chi connectivity index (χ0v) is 11.7. The fraction of sp³-hybridized carbons (Fsp3) is 0.667. The summed E-state index contributed by atoms with van der Waals surface area (Å²) in [5.41, 5.74) is 1.75. The molecule has 0 saturated heterocycles. The molecule has 1 atom stereocenters. The van der Waals surface area contributed by atoms with Gasteiger partial charge in [-0.2, -0.15) is 0 Å². The quantitative estimate of drug-likeness (QED) is 0.815. The van der Waals surface area contributed by atoms with Crippen LogP contribution in [-0.4, -0.2) is 17.6 Å². The van der Waals surface area contributed by atoms with Gasteiger partial charge in [0.2, 0.25) is 0 Å². The number of nitrogens with one attached hydrogen (secondary N) is 1. The van der Waals surface area contributed by atoms with Crippen LogP contribution in [0.3, 0.4) is 0 Å². The Kier molecular flexibility index (Phi) is 5.63. The van der Waals surface area contributed by atoms with Gasteiger partial charge in [0.25, 0.3) is 0 Å². The lowest BCUT2D eigenvalue weighted by Gasteiger charge is -2.23. The lowest BCUT2D eigenvalue weighted by Crippen LogP contribution is -2.32. The molecular weight excluding hydrogens is 208 g/mol. The summed E-state index contributed by atoms with van der Waals surface area (Å²) in [5.74, 6) is 0. The van der Waals surface area contributed by atoms with Crippen molar-refractivity contribution < 1.29 is 0 Å². The summed E-state index contributed by atoms with van der Waals surface area (Å²) in [6, 6.07) is 4.75. The fourth-order valence-corrected chi connectivity index (χ4v) is 1.98. The van der Waals surface area contributed by atoms with Crippen LogP contribution in [0.5, 0.6) is 0 Å². The van der Waals surface area contributed by atoms with E-state index in [1.807, 2.05) is 18.5 Å². The minimum atomic E-state index is 0.419. The third kappa shape index (κ3) is 6.42. The lowest BCUT2D eigenvalue weighted by molar-refractivity contribution is 0.330. The zero-order valence-electron chi connectivity index (χ0n) is 11.7. The van der Waals surface area contributed by atoms with Gasteiger partial charge in [-0.15, -0.1) is 0 Å². The molecule has 2 heteroatoms. The molecule has 17 heavy (non-hydrogen) atoms. The van der Waals surface area contributed by atoms with E-state index in [0.717, 1.165) is 13.0 Å². The van der Waals surface area contributed by atoms with Gasteiger partial charge in [0.15, 0.2) is 0 Å². The average Bonchev–Trinajstić information content (AvgIpc) is 2.27. The van der Waals surface area contributed by atoms with E-state index in [2.05, 4.69) is 44.1 Å². The van der Waals surface area contributed by atoms with Gasteiger partial charge in [-0.05, 0) is 42.9 Å². The van der Waals surface area contributed by atoms with Crippen LogP contribution in [0.15, 0.2) is 24.5 Å². The van der Waals surface area contributed by atoms with Gasteiger partial charge in [-0.3, -0.25) is 4.98 Å². The number of likely N-dealkylation sites (N-methyl/N-ethyl adjacent to an activating group) is 1. The largest absolute Gasteiger partial charge is 0.314 e. The van der Waals surface area contributed by atoms with Crippen molar-refractivity contribution in [1.29, 1.82) is 0 Å². The number of hydrogen-bond donors (Lipinski definition) is 1. The summed E-state index contributed by atoms with van der Waals surface area (Å²) in [4.78, 5) is 4.18. The first kappa shape index (κ1) is 14.2. The summed E-state index contributed by atoms with van der Waals surface area (Å²) < 4.78 is 0. The molecule has 0 bridgehead atoms. The van der Waals surface area contributed by atoms with Crippen LogP contribution in [-0.2, 0) is 6.42 Å². The second-order valence-corrected chi connectivity index (χ2v) is 5.92. The van der Waals surface area contributed by atoms with E-state index in [0.29, 0.717) is 11.5 Å². The van der Waals surface area contributed by atoms with Crippen LogP contribution in [0.25, 0.3) is 0 Å². The maximum Gasteiger partial charge on any atom is 0.0300 e. The third-order valence-electron chi connectivity index (χ3n) is 2.94. The van der Waals surface area contributed by atoms with Crippen molar-refractivity contribution in [2.45, 2.75) is 53.0 Å². The average molecular weight is 234 g/mol. The molecular formula is C15H26N2. The molecule has 96 valence electrons. The first-order valence-corrected chi connectivity index (χ1v) is 6.63. The van der Waals surface area contributed by atoms with Crippen molar-refractivity contribution in [3.05, 3.63) is 30.1 Å². The van der Waals surface area contributed by atoms with Crippen LogP contribution in [0.1, 0.15) is 46.1 Å². The van der Waals surface area contributed by atoms with E-state index in [-0.39, 0.29) is 0 Å². The number of rotatable bonds is 6. The highest BCUT2D eigenvalue weighted by molar-refractivity contribution is 5.10. The lowest BCUT2D eigenvalue weighted by atomic mass is 9.87. The van der Waals surface area contributed by atoms with Gasteiger partial charge in [0, 0.05) is 18.4 Å². The van der Waals surface area contributed by atoms with Crippen molar-refractivity contribution >= 4 is 0 Å². The highest BCUT2D eigenvalue weighted by Gasteiger charge is 2.15. The Morgan fingerprint density at radius 1 is 1.35 bits per heavy atom. The van der Waals surface area contributed by atoms with Crippen LogP contribution < -0.4 is 5.32 Å². The van der Waals surface area contributed by atoms with Gasteiger partial charge < -0.3 is 5.32 Å². The molecule has 0 amide bonds. The van der Waals surface area contributed by atoms with Crippen molar-refractivity contribution in [2.24, 2.45) is 5.41 Å². The molecule has 1 aromatic heterocycles. The number of aromatic nitrogens is 1. The Morgan fingerprint density at radius 2 is 2.12 bits per heavy atom. The molecule has 0 aliphatic rings. The first-order chi connectivity index (χ1) is 8.01. The smallest absolute Gasteiger partial charge is 0.0300 e. The highest BCUT2D eigenvalue weighted by atomic mass is 14.9. The summed E-state index contributed by atoms with van der Waals surface area (Å²) in [5, 5.41) is 3.58. The second kappa shape index (κ2) is 6.75. The Labute approximate surface area is 106 Å². The number of hydrogen-bond acceptors (Lipinski definition) is 2. The topological polar surface area (TPSA) is 24.9 Å². The summed E-state index contributed by atoms with van der Waals surface area (Å²) in [6.45, 7) is 10.1. The predicted molar refractivity (Wildman–Crippen MR) is 74.1 cm³/mol. The van der Waals surface area contributed by atoms with Crippen molar-refractivity contribution in [3.63, 3.8) is 0 Å². The van der Waals surface area contributed by atoms with E-state index in [1.54, 1.807) is 0 Å². The third-order valence-corrected chi connectivity index (χ3v) is 2.94. The summed E-state index contributed by atoms with van der Waals surface area (Å²) in [7, 11) is 0. The zero-order chi connectivity index (χ0) is 12.7. The van der Waals surface area contributed by atoms with Crippen molar-refractivity contribution in [3.8, 4) is 0 Å². The Balaban J connectivity index is 2.49. The summed E-state index contributed by atoms with van der Waals surface area (Å²) in [6.07, 6.45) is 7.37. The number of pyridine rings is 1. The Morgan fingerprint density at radius 3 is 2.65 bits per heavy atom. The van der Waals surface area contributed by atoms with E-state index in [1.165, 1.54) is 18.4 Å². The molecule has 1 N–H and O–H groups in total. The molecule has 2 nitrogen and oxygen atoms in total. The summed E-state index contributed by atoms with van der Waals surface area (Å²) >= 11 is 0. The van der Waals surface area contributed by atoms with Crippen molar-refractivity contribution in [1.82, 2.24) is 10.3 Å². The molecule has 0 fully saturated rings. The van der Waals surface area contributed by atoms with E-state index in [4.69, 9.17) is 0 Å². The van der Waals surface area contributed by atoms with E-state index < -0.39 is 0 Å². The Bertz CT molecular complexity index is 300. The molecule has 0 spiro atoms. The fourth-order valence-electron chi connectivity index (χ4n) is 1.98. The molecule has 0 aliphatic heterocycles.